The van der Waals surface area contributed by atoms with Gasteiger partial charge in [0.2, 0.25) is 5.91 Å². The molecule has 1 heterocycles. The number of anilines is 1. The molecule has 3 N–H and O–H groups in total. The highest BCUT2D eigenvalue weighted by Gasteiger charge is 2.15. The van der Waals surface area contributed by atoms with Crippen molar-refractivity contribution in [2.75, 3.05) is 18.0 Å². The zero-order valence-corrected chi connectivity index (χ0v) is 11.4. The number of carboxylic acids is 1. The second kappa shape index (κ2) is 6.17. The summed E-state index contributed by atoms with van der Waals surface area (Å²) >= 11 is 0. The van der Waals surface area contributed by atoms with E-state index in [9.17, 15) is 9.59 Å². The summed E-state index contributed by atoms with van der Waals surface area (Å²) in [5.41, 5.74) is 6.02. The van der Waals surface area contributed by atoms with Crippen LogP contribution in [0.25, 0.3) is 0 Å². The Labute approximate surface area is 112 Å². The monoisotopic (exact) mass is 265 g/mol. The van der Waals surface area contributed by atoms with Crippen molar-refractivity contribution in [1.82, 2.24) is 4.98 Å². The molecule has 0 saturated heterocycles. The summed E-state index contributed by atoms with van der Waals surface area (Å²) < 4.78 is 0. The van der Waals surface area contributed by atoms with Crippen LogP contribution in [0.3, 0.4) is 0 Å². The summed E-state index contributed by atoms with van der Waals surface area (Å²) in [6.07, 6.45) is 0. The van der Waals surface area contributed by atoms with Crippen LogP contribution < -0.4 is 10.6 Å². The van der Waals surface area contributed by atoms with Gasteiger partial charge in [-0.3, -0.25) is 4.79 Å². The van der Waals surface area contributed by atoms with Crippen LogP contribution in [0, 0.1) is 0 Å². The molecule has 0 unspecified atom stereocenters. The fourth-order valence-corrected chi connectivity index (χ4v) is 1.66. The predicted molar refractivity (Wildman–Crippen MR) is 72.4 cm³/mol. The molecule has 0 spiro atoms. The molecule has 1 amide bonds. The Bertz CT molecular complexity index is 486. The predicted octanol–water partition coefficient (Wildman–Crippen LogP) is 1.21. The third kappa shape index (κ3) is 3.94. The number of nitrogens with two attached hydrogens (primary N) is 1. The first-order valence-electron chi connectivity index (χ1n) is 6.13. The Balaban J connectivity index is 3.24. The molecule has 6 nitrogen and oxygen atoms in total. The SMILES string of the molecule is CCN(CC(N)=O)c1cc(C(=O)O)cc(C(C)C)n1. The lowest BCUT2D eigenvalue weighted by Gasteiger charge is -2.21. The van der Waals surface area contributed by atoms with E-state index in [1.54, 1.807) is 11.0 Å². The fourth-order valence-electron chi connectivity index (χ4n) is 1.66. The average Bonchev–Trinajstić information content (AvgIpc) is 2.34. The van der Waals surface area contributed by atoms with Crippen LogP contribution in [0.2, 0.25) is 0 Å². The van der Waals surface area contributed by atoms with Gasteiger partial charge < -0.3 is 15.7 Å². The first kappa shape index (κ1) is 14.9. The highest BCUT2D eigenvalue weighted by atomic mass is 16.4. The maximum Gasteiger partial charge on any atom is 0.335 e. The molecule has 0 radical (unpaired) electrons. The van der Waals surface area contributed by atoms with Crippen molar-refractivity contribution in [3.05, 3.63) is 23.4 Å². The van der Waals surface area contributed by atoms with Gasteiger partial charge in [-0.05, 0) is 25.0 Å². The van der Waals surface area contributed by atoms with Gasteiger partial charge in [0.15, 0.2) is 0 Å². The van der Waals surface area contributed by atoms with Crippen LogP contribution in [0.5, 0.6) is 0 Å². The number of primary amides is 1. The summed E-state index contributed by atoms with van der Waals surface area (Å²) in [6, 6.07) is 3.01. The quantitative estimate of drug-likeness (QED) is 0.806. The van der Waals surface area contributed by atoms with Crippen LogP contribution in [-0.4, -0.2) is 35.1 Å². The van der Waals surface area contributed by atoms with Crippen molar-refractivity contribution < 1.29 is 14.7 Å². The molecule has 1 aromatic rings. The molecule has 0 aromatic carbocycles. The normalized spacial score (nSPS) is 10.5. The highest BCUT2D eigenvalue weighted by Crippen LogP contribution is 2.20. The molecule has 0 aliphatic rings. The van der Waals surface area contributed by atoms with Gasteiger partial charge in [0.1, 0.15) is 5.82 Å². The minimum Gasteiger partial charge on any atom is -0.478 e. The summed E-state index contributed by atoms with van der Waals surface area (Å²) in [6.45, 7) is 6.26. The van der Waals surface area contributed by atoms with Crippen LogP contribution in [-0.2, 0) is 4.79 Å². The largest absolute Gasteiger partial charge is 0.478 e. The van der Waals surface area contributed by atoms with Crippen LogP contribution in [0.4, 0.5) is 5.82 Å². The molecule has 6 heteroatoms. The van der Waals surface area contributed by atoms with E-state index in [1.807, 2.05) is 20.8 Å². The zero-order chi connectivity index (χ0) is 14.6. The average molecular weight is 265 g/mol. The van der Waals surface area contributed by atoms with E-state index >= 15 is 0 Å². The van der Waals surface area contributed by atoms with Crippen molar-refractivity contribution in [3.63, 3.8) is 0 Å². The highest BCUT2D eigenvalue weighted by molar-refractivity contribution is 5.89. The molecule has 0 aliphatic carbocycles. The van der Waals surface area contributed by atoms with E-state index in [2.05, 4.69) is 4.98 Å². The van der Waals surface area contributed by atoms with E-state index in [4.69, 9.17) is 10.8 Å². The van der Waals surface area contributed by atoms with Crippen LogP contribution >= 0.6 is 0 Å². The third-order valence-electron chi connectivity index (χ3n) is 2.72. The number of carboxylic acid groups (broad SMARTS) is 1. The van der Waals surface area contributed by atoms with Gasteiger partial charge in [0.25, 0.3) is 0 Å². The lowest BCUT2D eigenvalue weighted by Crippen LogP contribution is -2.34. The Morgan fingerprint density at radius 1 is 1.42 bits per heavy atom. The van der Waals surface area contributed by atoms with Gasteiger partial charge in [0, 0.05) is 12.2 Å². The Kier molecular flexibility index (Phi) is 4.86. The minimum absolute atomic E-state index is 0.0180. The molecule has 0 bridgehead atoms. The molecule has 0 aliphatic heterocycles. The minimum atomic E-state index is -1.01. The van der Waals surface area contributed by atoms with Crippen molar-refractivity contribution in [2.45, 2.75) is 26.7 Å². The van der Waals surface area contributed by atoms with Gasteiger partial charge in [-0.1, -0.05) is 13.8 Å². The molecule has 0 fully saturated rings. The van der Waals surface area contributed by atoms with E-state index < -0.39 is 11.9 Å². The molecule has 0 saturated carbocycles. The number of nitrogens with zero attached hydrogens (tertiary/aromatic N) is 2. The van der Waals surface area contributed by atoms with Crippen molar-refractivity contribution in [2.24, 2.45) is 5.73 Å². The van der Waals surface area contributed by atoms with Gasteiger partial charge >= 0.3 is 5.97 Å². The number of amides is 1. The molecular formula is C13H19N3O3. The van der Waals surface area contributed by atoms with Crippen molar-refractivity contribution >= 4 is 17.7 Å². The maximum atomic E-state index is 11.1. The van der Waals surface area contributed by atoms with Crippen LogP contribution in [0.15, 0.2) is 12.1 Å². The number of aromatic carboxylic acids is 1. The van der Waals surface area contributed by atoms with E-state index in [-0.39, 0.29) is 18.0 Å². The lowest BCUT2D eigenvalue weighted by molar-refractivity contribution is -0.116. The number of hydrogen-bond acceptors (Lipinski definition) is 4. The topological polar surface area (TPSA) is 96.5 Å². The van der Waals surface area contributed by atoms with Crippen LogP contribution in [0.1, 0.15) is 42.7 Å². The molecule has 19 heavy (non-hydrogen) atoms. The summed E-state index contributed by atoms with van der Waals surface area (Å²) in [5.74, 6) is -0.925. The second-order valence-corrected chi connectivity index (χ2v) is 4.58. The smallest absolute Gasteiger partial charge is 0.335 e. The standard InChI is InChI=1S/C13H19N3O3/c1-4-16(7-11(14)17)12-6-9(13(18)19)5-10(15-12)8(2)3/h5-6,8H,4,7H2,1-3H3,(H2,14,17)(H,18,19). The number of hydrogen-bond donors (Lipinski definition) is 2. The summed E-state index contributed by atoms with van der Waals surface area (Å²) in [7, 11) is 0. The van der Waals surface area contributed by atoms with Gasteiger partial charge in [-0.2, -0.15) is 0 Å². The van der Waals surface area contributed by atoms with Gasteiger partial charge in [-0.25, -0.2) is 9.78 Å². The van der Waals surface area contributed by atoms with E-state index in [1.165, 1.54) is 6.07 Å². The molecule has 1 aromatic heterocycles. The second-order valence-electron chi connectivity index (χ2n) is 4.58. The number of pyridine rings is 1. The lowest BCUT2D eigenvalue weighted by atomic mass is 10.1. The van der Waals surface area contributed by atoms with Gasteiger partial charge in [0.05, 0.1) is 12.1 Å². The zero-order valence-electron chi connectivity index (χ0n) is 11.4. The number of carbonyl (C=O) groups is 2. The third-order valence-corrected chi connectivity index (χ3v) is 2.72. The molecule has 1 rings (SSSR count). The van der Waals surface area contributed by atoms with E-state index in [0.717, 1.165) is 0 Å². The summed E-state index contributed by atoms with van der Waals surface area (Å²) in [5, 5.41) is 9.11. The Morgan fingerprint density at radius 3 is 2.47 bits per heavy atom. The van der Waals surface area contributed by atoms with Gasteiger partial charge in [-0.15, -0.1) is 0 Å². The first-order chi connectivity index (χ1) is 8.85. The number of rotatable bonds is 6. The van der Waals surface area contributed by atoms with E-state index in [0.29, 0.717) is 18.1 Å². The molecular weight excluding hydrogens is 246 g/mol. The number of likely N-dealkylation sites (N-methyl/N-ethyl adjacent to an activating group) is 1. The Morgan fingerprint density at radius 2 is 2.05 bits per heavy atom. The fraction of sp³-hybridized carbons (Fsp3) is 0.462. The number of carbonyl (C=O) groups excluding carboxylic acids is 1. The number of aromatic nitrogens is 1. The Hall–Kier alpha value is -2.11. The van der Waals surface area contributed by atoms with Crippen molar-refractivity contribution in [1.29, 1.82) is 0 Å². The summed E-state index contributed by atoms with van der Waals surface area (Å²) in [4.78, 5) is 28.2. The van der Waals surface area contributed by atoms with Crippen molar-refractivity contribution in [3.8, 4) is 0 Å². The first-order valence-corrected chi connectivity index (χ1v) is 6.13. The maximum absolute atomic E-state index is 11.1. The molecule has 0 atom stereocenters. The molecule has 104 valence electrons.